The summed E-state index contributed by atoms with van der Waals surface area (Å²) in [7, 11) is 0. The van der Waals surface area contributed by atoms with Crippen LogP contribution in [0.25, 0.3) is 0 Å². The molecule has 2 rings (SSSR count). The van der Waals surface area contributed by atoms with Gasteiger partial charge in [0.2, 0.25) is 5.91 Å². The zero-order chi connectivity index (χ0) is 13.1. The van der Waals surface area contributed by atoms with E-state index in [1.165, 1.54) is 0 Å². The highest BCUT2D eigenvalue weighted by Crippen LogP contribution is 2.24. The average Bonchev–Trinajstić information content (AvgIpc) is 2.32. The molecule has 1 saturated heterocycles. The van der Waals surface area contributed by atoms with Gasteiger partial charge in [-0.1, -0.05) is 22.0 Å². The van der Waals surface area contributed by atoms with E-state index >= 15 is 0 Å². The van der Waals surface area contributed by atoms with Crippen molar-refractivity contribution in [1.29, 1.82) is 0 Å². The quantitative estimate of drug-likeness (QED) is 0.889. The van der Waals surface area contributed by atoms with Crippen LogP contribution in [-0.4, -0.2) is 31.1 Å². The average molecular weight is 312 g/mol. The van der Waals surface area contributed by atoms with Crippen molar-refractivity contribution in [1.82, 2.24) is 5.32 Å². The predicted molar refractivity (Wildman–Crippen MR) is 76.6 cm³/mol. The summed E-state index contributed by atoms with van der Waals surface area (Å²) in [4.78, 5) is 14.2. The SMILES string of the molecule is CC1CN(c2cccc(Br)c2)C(CCN)C(=O)N1. The van der Waals surface area contributed by atoms with Gasteiger partial charge in [0.05, 0.1) is 0 Å². The zero-order valence-corrected chi connectivity index (χ0v) is 12.0. The van der Waals surface area contributed by atoms with Gasteiger partial charge in [-0.2, -0.15) is 0 Å². The monoisotopic (exact) mass is 311 g/mol. The van der Waals surface area contributed by atoms with E-state index in [9.17, 15) is 4.79 Å². The normalized spacial score (nSPS) is 23.9. The van der Waals surface area contributed by atoms with Gasteiger partial charge in [-0.15, -0.1) is 0 Å². The number of carbonyl (C=O) groups is 1. The number of rotatable bonds is 3. The lowest BCUT2D eigenvalue weighted by Crippen LogP contribution is -2.59. The van der Waals surface area contributed by atoms with Crippen LogP contribution in [0.15, 0.2) is 28.7 Å². The molecule has 5 heteroatoms. The number of hydrogen-bond donors (Lipinski definition) is 2. The summed E-state index contributed by atoms with van der Waals surface area (Å²) in [6, 6.07) is 8.02. The van der Waals surface area contributed by atoms with E-state index in [0.29, 0.717) is 13.0 Å². The van der Waals surface area contributed by atoms with Crippen molar-refractivity contribution >= 4 is 27.5 Å². The first kappa shape index (κ1) is 13.4. The fourth-order valence-electron chi connectivity index (χ4n) is 2.33. The van der Waals surface area contributed by atoms with Crippen molar-refractivity contribution in [3.05, 3.63) is 28.7 Å². The third kappa shape index (κ3) is 2.84. The van der Waals surface area contributed by atoms with Crippen LogP contribution < -0.4 is 16.0 Å². The summed E-state index contributed by atoms with van der Waals surface area (Å²) >= 11 is 3.47. The van der Waals surface area contributed by atoms with E-state index < -0.39 is 0 Å². The fraction of sp³-hybridized carbons (Fsp3) is 0.462. The topological polar surface area (TPSA) is 58.4 Å². The van der Waals surface area contributed by atoms with Gasteiger partial charge in [-0.3, -0.25) is 4.79 Å². The van der Waals surface area contributed by atoms with Crippen LogP contribution in [-0.2, 0) is 4.79 Å². The molecule has 1 aliphatic rings. The van der Waals surface area contributed by atoms with Crippen LogP contribution in [0.1, 0.15) is 13.3 Å². The maximum Gasteiger partial charge on any atom is 0.243 e. The number of nitrogens with one attached hydrogen (secondary N) is 1. The van der Waals surface area contributed by atoms with Gasteiger partial charge in [0.25, 0.3) is 0 Å². The van der Waals surface area contributed by atoms with Gasteiger partial charge in [0, 0.05) is 22.7 Å². The number of benzene rings is 1. The van der Waals surface area contributed by atoms with Crippen molar-refractivity contribution in [3.8, 4) is 0 Å². The standard InChI is InChI=1S/C13H18BrN3O/c1-9-8-17(11-4-2-3-10(14)7-11)12(5-6-15)13(18)16-9/h2-4,7,9,12H,5-6,8,15H2,1H3,(H,16,18). The molecule has 1 aromatic rings. The molecule has 1 heterocycles. The van der Waals surface area contributed by atoms with Crippen LogP contribution in [0.3, 0.4) is 0 Å². The first-order valence-electron chi connectivity index (χ1n) is 6.14. The van der Waals surface area contributed by atoms with E-state index in [2.05, 4.69) is 26.1 Å². The van der Waals surface area contributed by atoms with E-state index in [-0.39, 0.29) is 18.0 Å². The molecule has 0 radical (unpaired) electrons. The molecule has 98 valence electrons. The molecule has 1 fully saturated rings. The Balaban J connectivity index is 2.28. The Kier molecular flexibility index (Phi) is 4.24. The van der Waals surface area contributed by atoms with E-state index in [4.69, 9.17) is 5.73 Å². The predicted octanol–water partition coefficient (Wildman–Crippen LogP) is 1.49. The molecule has 1 aliphatic heterocycles. The van der Waals surface area contributed by atoms with Crippen LogP contribution in [0.2, 0.25) is 0 Å². The number of halogens is 1. The lowest BCUT2D eigenvalue weighted by Gasteiger charge is -2.39. The number of nitrogens with two attached hydrogens (primary N) is 1. The van der Waals surface area contributed by atoms with Gasteiger partial charge < -0.3 is 16.0 Å². The largest absolute Gasteiger partial charge is 0.357 e. The van der Waals surface area contributed by atoms with Crippen molar-refractivity contribution in [2.24, 2.45) is 5.73 Å². The van der Waals surface area contributed by atoms with Gasteiger partial charge in [0.15, 0.2) is 0 Å². The molecule has 0 aliphatic carbocycles. The number of nitrogens with zero attached hydrogens (tertiary/aromatic N) is 1. The minimum atomic E-state index is -0.166. The Labute approximate surface area is 116 Å². The Hall–Kier alpha value is -1.07. The number of anilines is 1. The molecule has 0 saturated carbocycles. The Morgan fingerprint density at radius 3 is 3.00 bits per heavy atom. The molecule has 3 N–H and O–H groups in total. The molecule has 1 amide bonds. The van der Waals surface area contributed by atoms with Crippen molar-refractivity contribution < 1.29 is 4.79 Å². The van der Waals surface area contributed by atoms with E-state index in [1.807, 2.05) is 31.2 Å². The summed E-state index contributed by atoms with van der Waals surface area (Å²) < 4.78 is 1.02. The van der Waals surface area contributed by atoms with Gasteiger partial charge >= 0.3 is 0 Å². The summed E-state index contributed by atoms with van der Waals surface area (Å²) in [5, 5.41) is 2.98. The van der Waals surface area contributed by atoms with Crippen LogP contribution in [0, 0.1) is 0 Å². The summed E-state index contributed by atoms with van der Waals surface area (Å²) in [5.41, 5.74) is 6.67. The first-order chi connectivity index (χ1) is 8.61. The smallest absolute Gasteiger partial charge is 0.243 e. The summed E-state index contributed by atoms with van der Waals surface area (Å²) in [5.74, 6) is 0.0687. The molecule has 0 aromatic heterocycles. The highest BCUT2D eigenvalue weighted by atomic mass is 79.9. The summed E-state index contributed by atoms with van der Waals surface area (Å²) in [6.45, 7) is 3.34. The molecule has 0 bridgehead atoms. The maximum absolute atomic E-state index is 12.0. The molecular weight excluding hydrogens is 294 g/mol. The van der Waals surface area contributed by atoms with E-state index in [1.54, 1.807) is 0 Å². The second kappa shape index (κ2) is 5.71. The van der Waals surface area contributed by atoms with Gasteiger partial charge in [-0.05, 0) is 38.1 Å². The first-order valence-corrected chi connectivity index (χ1v) is 6.93. The number of piperazine rings is 1. The molecule has 4 nitrogen and oxygen atoms in total. The Bertz CT molecular complexity index is 438. The molecule has 18 heavy (non-hydrogen) atoms. The number of carbonyl (C=O) groups excluding carboxylic acids is 1. The number of amides is 1. The third-order valence-electron chi connectivity index (χ3n) is 3.12. The Morgan fingerprint density at radius 1 is 1.56 bits per heavy atom. The highest BCUT2D eigenvalue weighted by Gasteiger charge is 2.32. The molecule has 2 unspecified atom stereocenters. The second-order valence-electron chi connectivity index (χ2n) is 4.64. The number of hydrogen-bond acceptors (Lipinski definition) is 3. The Morgan fingerprint density at radius 2 is 2.33 bits per heavy atom. The molecule has 1 aromatic carbocycles. The highest BCUT2D eigenvalue weighted by molar-refractivity contribution is 9.10. The molecule has 2 atom stereocenters. The molecular formula is C13H18BrN3O. The van der Waals surface area contributed by atoms with Crippen LogP contribution >= 0.6 is 15.9 Å². The fourth-order valence-corrected chi connectivity index (χ4v) is 2.72. The van der Waals surface area contributed by atoms with Crippen LogP contribution in [0.4, 0.5) is 5.69 Å². The second-order valence-corrected chi connectivity index (χ2v) is 5.55. The lowest BCUT2D eigenvalue weighted by atomic mass is 10.0. The van der Waals surface area contributed by atoms with Crippen LogP contribution in [0.5, 0.6) is 0 Å². The molecule has 0 spiro atoms. The minimum Gasteiger partial charge on any atom is -0.357 e. The summed E-state index contributed by atoms with van der Waals surface area (Å²) in [6.07, 6.45) is 0.672. The van der Waals surface area contributed by atoms with Crippen molar-refractivity contribution in [2.75, 3.05) is 18.0 Å². The maximum atomic E-state index is 12.0. The van der Waals surface area contributed by atoms with E-state index in [0.717, 1.165) is 16.7 Å². The van der Waals surface area contributed by atoms with Crippen molar-refractivity contribution in [2.45, 2.75) is 25.4 Å². The lowest BCUT2D eigenvalue weighted by molar-refractivity contribution is -0.124. The third-order valence-corrected chi connectivity index (χ3v) is 3.61. The minimum absolute atomic E-state index is 0.0687. The van der Waals surface area contributed by atoms with Gasteiger partial charge in [-0.25, -0.2) is 0 Å². The van der Waals surface area contributed by atoms with Gasteiger partial charge in [0.1, 0.15) is 6.04 Å². The zero-order valence-electron chi connectivity index (χ0n) is 10.4. The van der Waals surface area contributed by atoms with Crippen molar-refractivity contribution in [3.63, 3.8) is 0 Å².